The molecule has 0 saturated carbocycles. The molecule has 13 heavy (non-hydrogen) atoms. The molecule has 4 heteroatoms. The molecule has 1 rings (SSSR count). The van der Waals surface area contributed by atoms with E-state index in [0.29, 0.717) is 5.76 Å². The Labute approximate surface area is 75.9 Å². The van der Waals surface area contributed by atoms with Gasteiger partial charge in [-0.2, -0.15) is 0 Å². The summed E-state index contributed by atoms with van der Waals surface area (Å²) < 4.78 is 5.05. The number of Topliss-reactive ketones (excluding diaryl/α,β-unsaturated/α-hetero) is 1. The zero-order valence-corrected chi connectivity index (χ0v) is 7.59. The molecule has 0 spiro atoms. The van der Waals surface area contributed by atoms with Crippen molar-refractivity contribution in [3.05, 3.63) is 23.7 Å². The highest BCUT2D eigenvalue weighted by atomic mass is 16.3. The first-order valence-corrected chi connectivity index (χ1v) is 3.93. The van der Waals surface area contributed by atoms with Gasteiger partial charge < -0.3 is 9.73 Å². The number of hydrogen-bond acceptors (Lipinski definition) is 3. The van der Waals surface area contributed by atoms with E-state index in [2.05, 4.69) is 5.32 Å². The standard InChI is InChI=1S/C9H11NO3/c1-6(11)5-10-9(12)8-4-3-7(2)13-8/h3-4H,5H2,1-2H3,(H,10,12). The molecule has 0 aromatic carbocycles. The Hall–Kier alpha value is -1.58. The normalized spacial score (nSPS) is 9.69. The second-order valence-corrected chi connectivity index (χ2v) is 2.79. The minimum absolute atomic E-state index is 0.0403. The molecule has 0 saturated heterocycles. The van der Waals surface area contributed by atoms with E-state index in [4.69, 9.17) is 4.42 Å². The van der Waals surface area contributed by atoms with Gasteiger partial charge in [0.2, 0.25) is 0 Å². The molecule has 0 radical (unpaired) electrons. The van der Waals surface area contributed by atoms with E-state index in [-0.39, 0.29) is 24.0 Å². The van der Waals surface area contributed by atoms with Crippen molar-refractivity contribution in [2.45, 2.75) is 13.8 Å². The van der Waals surface area contributed by atoms with Crippen molar-refractivity contribution < 1.29 is 14.0 Å². The van der Waals surface area contributed by atoms with Crippen LogP contribution in [0.3, 0.4) is 0 Å². The van der Waals surface area contributed by atoms with Crippen LogP contribution in [0.4, 0.5) is 0 Å². The van der Waals surface area contributed by atoms with E-state index in [1.165, 1.54) is 6.92 Å². The lowest BCUT2D eigenvalue weighted by molar-refractivity contribution is -0.116. The summed E-state index contributed by atoms with van der Waals surface area (Å²) >= 11 is 0. The SMILES string of the molecule is CC(=O)CNC(=O)c1ccc(C)o1. The van der Waals surface area contributed by atoms with Crippen LogP contribution in [0.15, 0.2) is 16.5 Å². The second-order valence-electron chi connectivity index (χ2n) is 2.79. The summed E-state index contributed by atoms with van der Waals surface area (Å²) in [6.45, 7) is 3.20. The topological polar surface area (TPSA) is 59.3 Å². The van der Waals surface area contributed by atoms with Crippen LogP contribution in [-0.2, 0) is 4.79 Å². The van der Waals surface area contributed by atoms with Crippen molar-refractivity contribution in [3.8, 4) is 0 Å². The molecule has 0 aliphatic rings. The number of hydrogen-bond donors (Lipinski definition) is 1. The molecule has 1 N–H and O–H groups in total. The third-order valence-electron chi connectivity index (χ3n) is 1.46. The lowest BCUT2D eigenvalue weighted by Crippen LogP contribution is -2.27. The summed E-state index contributed by atoms with van der Waals surface area (Å²) in [6, 6.07) is 3.27. The number of rotatable bonds is 3. The van der Waals surface area contributed by atoms with E-state index >= 15 is 0 Å². The van der Waals surface area contributed by atoms with Crippen molar-refractivity contribution in [1.82, 2.24) is 5.32 Å². The first kappa shape index (κ1) is 9.51. The molecule has 1 heterocycles. The average Bonchev–Trinajstić information content (AvgIpc) is 2.47. The van der Waals surface area contributed by atoms with Crippen LogP contribution in [0.2, 0.25) is 0 Å². The van der Waals surface area contributed by atoms with Crippen molar-refractivity contribution in [2.75, 3.05) is 6.54 Å². The minimum Gasteiger partial charge on any atom is -0.456 e. The van der Waals surface area contributed by atoms with E-state index in [1.54, 1.807) is 19.1 Å². The molecule has 1 aromatic rings. The lowest BCUT2D eigenvalue weighted by atomic mass is 10.4. The maximum Gasteiger partial charge on any atom is 0.287 e. The monoisotopic (exact) mass is 181 g/mol. The Morgan fingerprint density at radius 1 is 1.46 bits per heavy atom. The van der Waals surface area contributed by atoms with Crippen LogP contribution in [0.5, 0.6) is 0 Å². The van der Waals surface area contributed by atoms with Gasteiger partial charge in [-0.1, -0.05) is 0 Å². The number of amides is 1. The van der Waals surface area contributed by atoms with Gasteiger partial charge in [-0.15, -0.1) is 0 Å². The van der Waals surface area contributed by atoms with Crippen LogP contribution >= 0.6 is 0 Å². The van der Waals surface area contributed by atoms with Gasteiger partial charge in [0, 0.05) is 0 Å². The van der Waals surface area contributed by atoms with Gasteiger partial charge in [0.05, 0.1) is 6.54 Å². The van der Waals surface area contributed by atoms with E-state index < -0.39 is 0 Å². The smallest absolute Gasteiger partial charge is 0.287 e. The Balaban J connectivity index is 2.54. The highest BCUT2D eigenvalue weighted by molar-refractivity contribution is 5.94. The fourth-order valence-electron chi connectivity index (χ4n) is 0.848. The third-order valence-corrected chi connectivity index (χ3v) is 1.46. The molecule has 70 valence electrons. The van der Waals surface area contributed by atoms with Gasteiger partial charge in [0.1, 0.15) is 11.5 Å². The molecule has 0 bridgehead atoms. The van der Waals surface area contributed by atoms with Crippen molar-refractivity contribution in [1.29, 1.82) is 0 Å². The van der Waals surface area contributed by atoms with E-state index in [9.17, 15) is 9.59 Å². The van der Waals surface area contributed by atoms with Gasteiger partial charge in [-0.25, -0.2) is 0 Å². The van der Waals surface area contributed by atoms with Gasteiger partial charge in [0.25, 0.3) is 5.91 Å². The molecule has 4 nitrogen and oxygen atoms in total. The molecule has 0 unspecified atom stereocenters. The van der Waals surface area contributed by atoms with Crippen LogP contribution in [0.1, 0.15) is 23.2 Å². The zero-order valence-electron chi connectivity index (χ0n) is 7.59. The third kappa shape index (κ3) is 2.74. The quantitative estimate of drug-likeness (QED) is 0.753. The Morgan fingerprint density at radius 2 is 2.15 bits per heavy atom. The van der Waals surface area contributed by atoms with Gasteiger partial charge in [-0.3, -0.25) is 9.59 Å². The molecular weight excluding hydrogens is 170 g/mol. The van der Waals surface area contributed by atoms with Gasteiger partial charge >= 0.3 is 0 Å². The first-order chi connectivity index (χ1) is 6.09. The lowest BCUT2D eigenvalue weighted by Gasteiger charge is -1.98. The molecule has 1 aromatic heterocycles. The average molecular weight is 181 g/mol. The summed E-state index contributed by atoms with van der Waals surface area (Å²) in [7, 11) is 0. The number of aryl methyl sites for hydroxylation is 1. The minimum atomic E-state index is -0.358. The Kier molecular flexibility index (Phi) is 2.84. The number of carbonyl (C=O) groups excluding carboxylic acids is 2. The fourth-order valence-corrected chi connectivity index (χ4v) is 0.848. The maximum absolute atomic E-state index is 11.2. The van der Waals surface area contributed by atoms with E-state index in [0.717, 1.165) is 0 Å². The van der Waals surface area contributed by atoms with Crippen LogP contribution in [0, 0.1) is 6.92 Å². The zero-order chi connectivity index (χ0) is 9.84. The van der Waals surface area contributed by atoms with Crippen LogP contribution < -0.4 is 5.32 Å². The molecule has 0 aliphatic carbocycles. The predicted octanol–water partition coefficient (Wildman–Crippen LogP) is 0.907. The van der Waals surface area contributed by atoms with E-state index in [1.807, 2.05) is 0 Å². The fraction of sp³-hybridized carbons (Fsp3) is 0.333. The number of furan rings is 1. The Bertz CT molecular complexity index is 327. The van der Waals surface area contributed by atoms with Crippen molar-refractivity contribution >= 4 is 11.7 Å². The van der Waals surface area contributed by atoms with Crippen LogP contribution in [-0.4, -0.2) is 18.2 Å². The van der Waals surface area contributed by atoms with Gasteiger partial charge in [-0.05, 0) is 26.0 Å². The molecule has 0 atom stereocenters. The second kappa shape index (κ2) is 3.89. The van der Waals surface area contributed by atoms with Gasteiger partial charge in [0.15, 0.2) is 5.76 Å². The van der Waals surface area contributed by atoms with Crippen molar-refractivity contribution in [2.24, 2.45) is 0 Å². The maximum atomic E-state index is 11.2. The number of nitrogens with one attached hydrogen (secondary N) is 1. The molecular formula is C9H11NO3. The number of carbonyl (C=O) groups is 2. The number of ketones is 1. The summed E-state index contributed by atoms with van der Waals surface area (Å²) in [5.41, 5.74) is 0. The van der Waals surface area contributed by atoms with Crippen LogP contribution in [0.25, 0.3) is 0 Å². The summed E-state index contributed by atoms with van der Waals surface area (Å²) in [4.78, 5) is 21.7. The van der Waals surface area contributed by atoms with Crippen molar-refractivity contribution in [3.63, 3.8) is 0 Å². The largest absolute Gasteiger partial charge is 0.456 e. The molecule has 0 aliphatic heterocycles. The highest BCUT2D eigenvalue weighted by Gasteiger charge is 2.09. The first-order valence-electron chi connectivity index (χ1n) is 3.93. The Morgan fingerprint density at radius 3 is 2.62 bits per heavy atom. The molecule has 1 amide bonds. The summed E-state index contributed by atoms with van der Waals surface area (Å²) in [6.07, 6.45) is 0. The predicted molar refractivity (Wildman–Crippen MR) is 46.5 cm³/mol. The molecule has 0 fully saturated rings. The highest BCUT2D eigenvalue weighted by Crippen LogP contribution is 2.05. The summed E-state index contributed by atoms with van der Waals surface area (Å²) in [5.74, 6) is 0.464. The summed E-state index contributed by atoms with van der Waals surface area (Å²) in [5, 5.41) is 2.43.